The summed E-state index contributed by atoms with van der Waals surface area (Å²) in [6, 6.07) is 10.0. The van der Waals surface area contributed by atoms with Crippen molar-refractivity contribution in [2.75, 3.05) is 0 Å². The largest absolute Gasteiger partial charge is 0.310 e. The van der Waals surface area contributed by atoms with Crippen LogP contribution in [0, 0.1) is 17.1 Å². The molecule has 1 aromatic carbocycles. The molecule has 0 spiro atoms. The van der Waals surface area contributed by atoms with Crippen molar-refractivity contribution in [3.05, 3.63) is 69.2 Å². The van der Waals surface area contributed by atoms with E-state index >= 15 is 0 Å². The highest BCUT2D eigenvalue weighted by atomic mass is 32.1. The minimum atomic E-state index is -0.563. The third-order valence-corrected chi connectivity index (χ3v) is 4.01. The number of halogens is 1. The molecule has 0 saturated heterocycles. The van der Waals surface area contributed by atoms with Crippen molar-refractivity contribution >= 4 is 21.4 Å². The summed E-state index contributed by atoms with van der Waals surface area (Å²) in [7, 11) is 0. The molecule has 0 aliphatic rings. The first-order valence-corrected chi connectivity index (χ1v) is 6.83. The molecule has 0 atom stereocenters. The third-order valence-electron chi connectivity index (χ3n) is 3.13. The summed E-state index contributed by atoms with van der Waals surface area (Å²) < 4.78 is 16.4. The van der Waals surface area contributed by atoms with Gasteiger partial charge < -0.3 is 4.57 Å². The molecule has 0 amide bonds. The van der Waals surface area contributed by atoms with E-state index < -0.39 is 5.82 Å². The lowest BCUT2D eigenvalue weighted by Gasteiger charge is -2.07. The van der Waals surface area contributed by atoms with Crippen LogP contribution >= 0.6 is 11.3 Å². The van der Waals surface area contributed by atoms with Gasteiger partial charge in [-0.25, -0.2) is 4.39 Å². The maximum atomic E-state index is 14.0. The summed E-state index contributed by atoms with van der Waals surface area (Å²) >= 11 is 1.50. The molecule has 0 N–H and O–H groups in total. The van der Waals surface area contributed by atoms with Crippen molar-refractivity contribution in [2.24, 2.45) is 0 Å². The second-order valence-corrected chi connectivity index (χ2v) is 5.29. The van der Waals surface area contributed by atoms with Crippen LogP contribution in [0.1, 0.15) is 11.1 Å². The van der Waals surface area contributed by atoms with E-state index in [4.69, 9.17) is 5.26 Å². The van der Waals surface area contributed by atoms with Gasteiger partial charge in [0, 0.05) is 16.5 Å². The normalized spacial score (nSPS) is 10.6. The molecule has 3 rings (SSSR count). The smallest absolute Gasteiger partial charge is 0.259 e. The van der Waals surface area contributed by atoms with Crippen molar-refractivity contribution < 1.29 is 4.39 Å². The quantitative estimate of drug-likeness (QED) is 0.726. The fourth-order valence-electron chi connectivity index (χ4n) is 2.10. The van der Waals surface area contributed by atoms with Gasteiger partial charge in [-0.1, -0.05) is 12.1 Å². The van der Waals surface area contributed by atoms with E-state index in [1.807, 2.05) is 11.4 Å². The number of pyridine rings is 1. The van der Waals surface area contributed by atoms with E-state index in [1.54, 1.807) is 30.5 Å². The van der Waals surface area contributed by atoms with Gasteiger partial charge in [-0.3, -0.25) is 4.79 Å². The highest BCUT2D eigenvalue weighted by molar-refractivity contribution is 7.17. The first-order chi connectivity index (χ1) is 9.70. The summed E-state index contributed by atoms with van der Waals surface area (Å²) in [4.78, 5) is 12.2. The summed E-state index contributed by atoms with van der Waals surface area (Å²) in [5.74, 6) is -0.563. The van der Waals surface area contributed by atoms with Gasteiger partial charge >= 0.3 is 0 Å². The maximum absolute atomic E-state index is 14.0. The summed E-state index contributed by atoms with van der Waals surface area (Å²) in [6.45, 7) is 0.117. The number of rotatable bonds is 2. The molecule has 0 aliphatic carbocycles. The van der Waals surface area contributed by atoms with E-state index in [2.05, 4.69) is 0 Å². The fraction of sp³-hybridized carbons (Fsp3) is 0.0667. The predicted molar refractivity (Wildman–Crippen MR) is 76.3 cm³/mol. The molecule has 0 unspecified atom stereocenters. The minimum Gasteiger partial charge on any atom is -0.310 e. The Morgan fingerprint density at radius 2 is 2.15 bits per heavy atom. The number of fused-ring (bicyclic) bond motifs is 1. The topological polar surface area (TPSA) is 45.8 Å². The average molecular weight is 284 g/mol. The Bertz CT molecular complexity index is 889. The van der Waals surface area contributed by atoms with Gasteiger partial charge in [0.25, 0.3) is 5.56 Å². The van der Waals surface area contributed by atoms with Crippen LogP contribution in [0.25, 0.3) is 10.1 Å². The number of aromatic nitrogens is 1. The Balaban J connectivity index is 2.08. The SMILES string of the molecule is N#Cc1cccc(Cn2ccc3sccc3c2=O)c1F. The monoisotopic (exact) mass is 284 g/mol. The molecule has 2 heterocycles. The molecule has 5 heteroatoms. The minimum absolute atomic E-state index is 0.00726. The lowest BCUT2D eigenvalue weighted by molar-refractivity contribution is 0.593. The number of benzene rings is 1. The summed E-state index contributed by atoms with van der Waals surface area (Å²) in [5.41, 5.74) is 0.179. The first-order valence-electron chi connectivity index (χ1n) is 5.95. The van der Waals surface area contributed by atoms with Crippen molar-refractivity contribution in [1.29, 1.82) is 5.26 Å². The second-order valence-electron chi connectivity index (χ2n) is 4.34. The number of thiophene rings is 1. The van der Waals surface area contributed by atoms with Gasteiger partial charge in [-0.15, -0.1) is 11.3 Å². The zero-order valence-electron chi connectivity index (χ0n) is 10.3. The molecule has 0 radical (unpaired) electrons. The van der Waals surface area contributed by atoms with Crippen LogP contribution in [0.15, 0.2) is 46.7 Å². The highest BCUT2D eigenvalue weighted by Gasteiger charge is 2.10. The Morgan fingerprint density at radius 1 is 1.30 bits per heavy atom. The van der Waals surface area contributed by atoms with E-state index in [0.717, 1.165) is 4.70 Å². The zero-order valence-corrected chi connectivity index (χ0v) is 11.2. The van der Waals surface area contributed by atoms with Crippen LogP contribution in [0.5, 0.6) is 0 Å². The summed E-state index contributed by atoms with van der Waals surface area (Å²) in [5, 5.41) is 11.3. The third kappa shape index (κ3) is 2.00. The predicted octanol–water partition coefficient (Wildman–Crippen LogP) is 3.12. The molecular weight excluding hydrogens is 275 g/mol. The Labute approximate surface area is 118 Å². The zero-order chi connectivity index (χ0) is 14.1. The second kappa shape index (κ2) is 4.91. The van der Waals surface area contributed by atoms with Gasteiger partial charge in [0.15, 0.2) is 0 Å². The van der Waals surface area contributed by atoms with Gasteiger partial charge in [-0.2, -0.15) is 5.26 Å². The number of nitrogens with zero attached hydrogens (tertiary/aromatic N) is 2. The molecule has 0 fully saturated rings. The van der Waals surface area contributed by atoms with Crippen LogP contribution in [-0.4, -0.2) is 4.57 Å². The maximum Gasteiger partial charge on any atom is 0.259 e. The fourth-order valence-corrected chi connectivity index (χ4v) is 2.88. The lowest BCUT2D eigenvalue weighted by Crippen LogP contribution is -2.20. The Morgan fingerprint density at radius 3 is 2.95 bits per heavy atom. The average Bonchev–Trinajstić information content (AvgIpc) is 2.93. The van der Waals surface area contributed by atoms with Gasteiger partial charge in [0.05, 0.1) is 17.5 Å². The van der Waals surface area contributed by atoms with Crippen LogP contribution < -0.4 is 5.56 Å². The Kier molecular flexibility index (Phi) is 3.09. The van der Waals surface area contributed by atoms with Crippen molar-refractivity contribution in [3.8, 4) is 6.07 Å². The highest BCUT2D eigenvalue weighted by Crippen LogP contribution is 2.17. The lowest BCUT2D eigenvalue weighted by atomic mass is 10.1. The molecular formula is C15H9FN2OS. The number of hydrogen-bond acceptors (Lipinski definition) is 3. The molecule has 0 aliphatic heterocycles. The molecule has 0 bridgehead atoms. The molecule has 0 saturated carbocycles. The number of nitriles is 1. The summed E-state index contributed by atoms with van der Waals surface area (Å²) in [6.07, 6.45) is 1.65. The molecule has 98 valence electrons. The molecule has 2 aromatic heterocycles. The van der Waals surface area contributed by atoms with Gasteiger partial charge in [-0.05, 0) is 23.6 Å². The van der Waals surface area contributed by atoms with Crippen LogP contribution in [0.4, 0.5) is 4.39 Å². The van der Waals surface area contributed by atoms with Crippen molar-refractivity contribution in [2.45, 2.75) is 6.54 Å². The van der Waals surface area contributed by atoms with E-state index in [-0.39, 0.29) is 17.7 Å². The van der Waals surface area contributed by atoms with E-state index in [1.165, 1.54) is 22.0 Å². The van der Waals surface area contributed by atoms with Crippen LogP contribution in [0.3, 0.4) is 0 Å². The van der Waals surface area contributed by atoms with Gasteiger partial charge in [0.2, 0.25) is 0 Å². The van der Waals surface area contributed by atoms with E-state index in [0.29, 0.717) is 10.9 Å². The number of hydrogen-bond donors (Lipinski definition) is 0. The molecule has 3 nitrogen and oxygen atoms in total. The molecule has 3 aromatic rings. The Hall–Kier alpha value is -2.45. The van der Waals surface area contributed by atoms with Crippen LogP contribution in [-0.2, 0) is 6.54 Å². The molecule has 20 heavy (non-hydrogen) atoms. The van der Waals surface area contributed by atoms with Crippen molar-refractivity contribution in [3.63, 3.8) is 0 Å². The van der Waals surface area contributed by atoms with Crippen LogP contribution in [0.2, 0.25) is 0 Å². The first kappa shape index (κ1) is 12.6. The van der Waals surface area contributed by atoms with Gasteiger partial charge in [0.1, 0.15) is 11.9 Å². The van der Waals surface area contributed by atoms with Crippen molar-refractivity contribution in [1.82, 2.24) is 4.57 Å². The van der Waals surface area contributed by atoms with E-state index in [9.17, 15) is 9.18 Å². The standard InChI is InChI=1S/C15H9FN2OS/c16-14-10(8-17)2-1-3-11(14)9-18-6-4-13-12(15(18)19)5-7-20-13/h1-7H,9H2.